The fraction of sp³-hybridized carbons (Fsp3) is 0.556. The maximum atomic E-state index is 5.82. The van der Waals surface area contributed by atoms with Gasteiger partial charge >= 0.3 is 0 Å². The van der Waals surface area contributed by atoms with Crippen molar-refractivity contribution in [2.75, 3.05) is 0 Å². The van der Waals surface area contributed by atoms with Crippen LogP contribution in [-0.4, -0.2) is 7.85 Å². The van der Waals surface area contributed by atoms with Crippen LogP contribution in [0.4, 0.5) is 0 Å². The molecule has 1 atom stereocenters. The summed E-state index contributed by atoms with van der Waals surface area (Å²) in [5.41, 5.74) is 3.75. The smallest absolute Gasteiger partial charge is 0.108 e. The number of hydrogen-bond donors (Lipinski definition) is 0. The van der Waals surface area contributed by atoms with Crippen molar-refractivity contribution in [3.8, 4) is 0 Å². The predicted octanol–water partition coefficient (Wildman–Crippen LogP) is 2.42. The molecular formula is C9H13B. The van der Waals surface area contributed by atoms with E-state index in [-0.39, 0.29) is 0 Å². The first kappa shape index (κ1) is 7.65. The summed E-state index contributed by atoms with van der Waals surface area (Å²) in [6.45, 7) is 6.41. The minimum atomic E-state index is 0.546. The SMILES string of the molecule is [B]C1=C(C)C=C(C)CC1C. The summed E-state index contributed by atoms with van der Waals surface area (Å²) in [4.78, 5) is 0. The van der Waals surface area contributed by atoms with E-state index in [1.807, 2.05) is 0 Å². The van der Waals surface area contributed by atoms with Crippen molar-refractivity contribution in [1.29, 1.82) is 0 Å². The molecule has 2 radical (unpaired) electrons. The monoisotopic (exact) mass is 132 g/mol. The predicted molar refractivity (Wildman–Crippen MR) is 46.0 cm³/mol. The van der Waals surface area contributed by atoms with Gasteiger partial charge in [-0.15, -0.1) is 5.47 Å². The highest BCUT2D eigenvalue weighted by atomic mass is 14.1. The Morgan fingerprint density at radius 1 is 1.50 bits per heavy atom. The lowest BCUT2D eigenvalue weighted by molar-refractivity contribution is 0.685. The van der Waals surface area contributed by atoms with Crippen LogP contribution < -0.4 is 0 Å². The first-order valence-electron chi connectivity index (χ1n) is 3.74. The molecule has 1 rings (SSSR count). The fourth-order valence-electron chi connectivity index (χ4n) is 1.49. The Hall–Kier alpha value is -0.455. The molecule has 0 aliphatic heterocycles. The maximum Gasteiger partial charge on any atom is 0.108 e. The van der Waals surface area contributed by atoms with Crippen LogP contribution in [0.1, 0.15) is 27.2 Å². The van der Waals surface area contributed by atoms with Crippen molar-refractivity contribution in [3.05, 3.63) is 22.7 Å². The van der Waals surface area contributed by atoms with Crippen LogP contribution in [0.25, 0.3) is 0 Å². The third-order valence-corrected chi connectivity index (χ3v) is 2.08. The van der Waals surface area contributed by atoms with E-state index in [1.165, 1.54) is 11.1 Å². The van der Waals surface area contributed by atoms with Gasteiger partial charge in [0.05, 0.1) is 0 Å². The van der Waals surface area contributed by atoms with E-state index in [0.29, 0.717) is 5.92 Å². The second-order valence-corrected chi connectivity index (χ2v) is 3.23. The highest BCUT2D eigenvalue weighted by Gasteiger charge is 2.10. The summed E-state index contributed by atoms with van der Waals surface area (Å²) in [5.74, 6) is 0.546. The Bertz CT molecular complexity index is 199. The molecule has 0 amide bonds. The topological polar surface area (TPSA) is 0 Å². The van der Waals surface area contributed by atoms with Crippen LogP contribution in [0, 0.1) is 5.92 Å². The van der Waals surface area contributed by atoms with Crippen LogP contribution in [0.5, 0.6) is 0 Å². The van der Waals surface area contributed by atoms with Crippen LogP contribution in [-0.2, 0) is 0 Å². The zero-order valence-electron chi connectivity index (χ0n) is 6.94. The Kier molecular flexibility index (Phi) is 2.03. The molecular weight excluding hydrogens is 119 g/mol. The van der Waals surface area contributed by atoms with Gasteiger partial charge in [-0.2, -0.15) is 0 Å². The second-order valence-electron chi connectivity index (χ2n) is 3.23. The molecule has 10 heavy (non-hydrogen) atoms. The quantitative estimate of drug-likeness (QED) is 0.444. The molecule has 1 aliphatic carbocycles. The summed E-state index contributed by atoms with van der Waals surface area (Å²) in [5, 5.41) is 0. The van der Waals surface area contributed by atoms with E-state index in [9.17, 15) is 0 Å². The minimum Gasteiger partial charge on any atom is -0.112 e. The van der Waals surface area contributed by atoms with E-state index in [2.05, 4.69) is 26.8 Å². The summed E-state index contributed by atoms with van der Waals surface area (Å²) >= 11 is 0. The Morgan fingerprint density at radius 2 is 2.10 bits per heavy atom. The zero-order valence-corrected chi connectivity index (χ0v) is 6.94. The lowest BCUT2D eigenvalue weighted by Crippen LogP contribution is -2.06. The molecule has 0 N–H and O–H groups in total. The summed E-state index contributed by atoms with van der Waals surface area (Å²) < 4.78 is 0. The largest absolute Gasteiger partial charge is 0.112 e. The van der Waals surface area contributed by atoms with Gasteiger partial charge in [0, 0.05) is 0 Å². The Morgan fingerprint density at radius 3 is 2.60 bits per heavy atom. The average Bonchev–Trinajstić information content (AvgIpc) is 1.82. The number of allylic oxidation sites excluding steroid dienone is 4. The fourth-order valence-corrected chi connectivity index (χ4v) is 1.49. The molecule has 0 spiro atoms. The van der Waals surface area contributed by atoms with Gasteiger partial charge in [-0.05, 0) is 26.2 Å². The molecule has 0 nitrogen and oxygen atoms in total. The van der Waals surface area contributed by atoms with E-state index < -0.39 is 0 Å². The molecule has 0 bridgehead atoms. The van der Waals surface area contributed by atoms with Gasteiger partial charge in [0.1, 0.15) is 7.85 Å². The second kappa shape index (κ2) is 2.65. The van der Waals surface area contributed by atoms with Gasteiger partial charge in [0.15, 0.2) is 0 Å². The van der Waals surface area contributed by atoms with E-state index in [1.54, 1.807) is 0 Å². The van der Waals surface area contributed by atoms with Crippen LogP contribution in [0.15, 0.2) is 22.7 Å². The van der Waals surface area contributed by atoms with E-state index in [4.69, 9.17) is 7.85 Å². The molecule has 0 aromatic rings. The minimum absolute atomic E-state index is 0.546. The van der Waals surface area contributed by atoms with E-state index >= 15 is 0 Å². The van der Waals surface area contributed by atoms with Crippen molar-refractivity contribution >= 4 is 7.85 Å². The highest BCUT2D eigenvalue weighted by Crippen LogP contribution is 2.26. The average molecular weight is 132 g/mol. The van der Waals surface area contributed by atoms with Crippen molar-refractivity contribution in [2.24, 2.45) is 5.92 Å². The molecule has 0 saturated heterocycles. The molecule has 52 valence electrons. The van der Waals surface area contributed by atoms with E-state index in [0.717, 1.165) is 11.9 Å². The molecule has 1 unspecified atom stereocenters. The first-order chi connectivity index (χ1) is 4.61. The van der Waals surface area contributed by atoms with Crippen LogP contribution in [0.3, 0.4) is 0 Å². The number of rotatable bonds is 0. The van der Waals surface area contributed by atoms with Gasteiger partial charge in [-0.3, -0.25) is 0 Å². The van der Waals surface area contributed by atoms with Crippen molar-refractivity contribution in [1.82, 2.24) is 0 Å². The lowest BCUT2D eigenvalue weighted by Gasteiger charge is -2.20. The van der Waals surface area contributed by atoms with Gasteiger partial charge in [0.2, 0.25) is 0 Å². The molecule has 0 aromatic carbocycles. The Labute approximate surface area is 64.4 Å². The normalized spacial score (nSPS) is 26.7. The lowest BCUT2D eigenvalue weighted by atomic mass is 9.75. The Balaban J connectivity index is 2.92. The molecule has 1 aliphatic rings. The van der Waals surface area contributed by atoms with Gasteiger partial charge < -0.3 is 0 Å². The molecule has 0 aromatic heterocycles. The first-order valence-corrected chi connectivity index (χ1v) is 3.74. The van der Waals surface area contributed by atoms with Crippen molar-refractivity contribution < 1.29 is 0 Å². The molecule has 0 heterocycles. The third-order valence-electron chi connectivity index (χ3n) is 2.08. The van der Waals surface area contributed by atoms with Crippen molar-refractivity contribution in [3.63, 3.8) is 0 Å². The van der Waals surface area contributed by atoms with Gasteiger partial charge in [0.25, 0.3) is 0 Å². The maximum absolute atomic E-state index is 5.82. The third kappa shape index (κ3) is 1.34. The standard InChI is InChI=1S/C9H13B/c1-6-4-7(2)9(10)8(3)5-6/h4,8H,5H2,1-3H3. The molecule has 0 fully saturated rings. The number of hydrogen-bond acceptors (Lipinski definition) is 0. The summed E-state index contributed by atoms with van der Waals surface area (Å²) in [6.07, 6.45) is 3.30. The molecule has 1 heteroatoms. The zero-order chi connectivity index (χ0) is 7.72. The highest BCUT2D eigenvalue weighted by molar-refractivity contribution is 6.22. The summed E-state index contributed by atoms with van der Waals surface area (Å²) in [7, 11) is 5.82. The van der Waals surface area contributed by atoms with Crippen LogP contribution >= 0.6 is 0 Å². The van der Waals surface area contributed by atoms with Gasteiger partial charge in [-0.1, -0.05) is 24.1 Å². The van der Waals surface area contributed by atoms with Gasteiger partial charge in [-0.25, -0.2) is 0 Å². The van der Waals surface area contributed by atoms with Crippen molar-refractivity contribution in [2.45, 2.75) is 27.2 Å². The molecule has 0 saturated carbocycles. The summed E-state index contributed by atoms with van der Waals surface area (Å²) in [6, 6.07) is 0. The van der Waals surface area contributed by atoms with Crippen LogP contribution in [0.2, 0.25) is 0 Å².